The van der Waals surface area contributed by atoms with Gasteiger partial charge in [-0.3, -0.25) is 4.79 Å². The standard InChI is InChI=1S/C9H14N4O2/c1-6(5-14)11-8-4-3-7(12-13-8)9(15)10-2/h3-4,6,14H,5H2,1-2H3,(H,10,15)(H,11,13). The number of amides is 1. The van der Waals surface area contributed by atoms with Gasteiger partial charge in [-0.2, -0.15) is 0 Å². The van der Waals surface area contributed by atoms with Gasteiger partial charge in [-0.25, -0.2) is 0 Å². The maximum absolute atomic E-state index is 11.1. The Bertz CT molecular complexity index is 325. The fourth-order valence-electron chi connectivity index (χ4n) is 0.957. The zero-order valence-electron chi connectivity index (χ0n) is 8.69. The average Bonchev–Trinajstić information content (AvgIpc) is 2.29. The van der Waals surface area contributed by atoms with Gasteiger partial charge < -0.3 is 15.7 Å². The van der Waals surface area contributed by atoms with Gasteiger partial charge in [-0.15, -0.1) is 10.2 Å². The Labute approximate surface area is 87.7 Å². The first kappa shape index (κ1) is 11.4. The lowest BCUT2D eigenvalue weighted by Gasteiger charge is -2.10. The molecule has 1 rings (SSSR count). The third kappa shape index (κ3) is 3.17. The summed E-state index contributed by atoms with van der Waals surface area (Å²) >= 11 is 0. The fourth-order valence-corrected chi connectivity index (χ4v) is 0.957. The molecule has 6 nitrogen and oxygen atoms in total. The summed E-state index contributed by atoms with van der Waals surface area (Å²) in [5, 5.41) is 21.7. The number of aliphatic hydroxyl groups is 1. The second-order valence-electron chi connectivity index (χ2n) is 3.11. The summed E-state index contributed by atoms with van der Waals surface area (Å²) in [5.74, 6) is 0.258. The number of aromatic nitrogens is 2. The lowest BCUT2D eigenvalue weighted by Crippen LogP contribution is -2.22. The SMILES string of the molecule is CNC(=O)c1ccc(NC(C)CO)nn1. The summed E-state index contributed by atoms with van der Waals surface area (Å²) in [6.45, 7) is 1.83. The second kappa shape index (κ2) is 5.26. The Hall–Kier alpha value is -1.69. The van der Waals surface area contributed by atoms with E-state index in [1.54, 1.807) is 12.1 Å². The molecule has 1 amide bonds. The predicted molar refractivity (Wildman–Crippen MR) is 55.6 cm³/mol. The number of aliphatic hydroxyl groups excluding tert-OH is 1. The molecule has 0 aliphatic rings. The van der Waals surface area contributed by atoms with E-state index in [1.165, 1.54) is 7.05 Å². The van der Waals surface area contributed by atoms with E-state index in [0.29, 0.717) is 5.82 Å². The lowest BCUT2D eigenvalue weighted by molar-refractivity contribution is 0.0957. The number of carbonyl (C=O) groups is 1. The van der Waals surface area contributed by atoms with Crippen molar-refractivity contribution in [1.82, 2.24) is 15.5 Å². The van der Waals surface area contributed by atoms with Crippen LogP contribution in [0.2, 0.25) is 0 Å². The van der Waals surface area contributed by atoms with Gasteiger partial charge in [-0.1, -0.05) is 0 Å². The monoisotopic (exact) mass is 210 g/mol. The van der Waals surface area contributed by atoms with E-state index in [-0.39, 0.29) is 24.2 Å². The molecule has 6 heteroatoms. The Morgan fingerprint density at radius 1 is 1.53 bits per heavy atom. The smallest absolute Gasteiger partial charge is 0.271 e. The highest BCUT2D eigenvalue weighted by Crippen LogP contribution is 2.03. The zero-order chi connectivity index (χ0) is 11.3. The summed E-state index contributed by atoms with van der Waals surface area (Å²) < 4.78 is 0. The summed E-state index contributed by atoms with van der Waals surface area (Å²) in [6.07, 6.45) is 0. The molecule has 3 N–H and O–H groups in total. The zero-order valence-corrected chi connectivity index (χ0v) is 8.69. The van der Waals surface area contributed by atoms with E-state index in [1.807, 2.05) is 6.92 Å². The van der Waals surface area contributed by atoms with Crippen LogP contribution in [0.4, 0.5) is 5.82 Å². The average molecular weight is 210 g/mol. The Morgan fingerprint density at radius 2 is 2.27 bits per heavy atom. The van der Waals surface area contributed by atoms with Crippen molar-refractivity contribution >= 4 is 11.7 Å². The van der Waals surface area contributed by atoms with Crippen LogP contribution in [0, 0.1) is 0 Å². The molecule has 0 spiro atoms. The van der Waals surface area contributed by atoms with Crippen molar-refractivity contribution in [3.05, 3.63) is 17.8 Å². The fraction of sp³-hybridized carbons (Fsp3) is 0.444. The lowest BCUT2D eigenvalue weighted by atomic mass is 10.3. The highest BCUT2D eigenvalue weighted by molar-refractivity contribution is 5.91. The summed E-state index contributed by atoms with van der Waals surface area (Å²) in [7, 11) is 1.53. The normalized spacial score (nSPS) is 11.9. The molecule has 0 fully saturated rings. The molecule has 0 radical (unpaired) electrons. The first-order valence-electron chi connectivity index (χ1n) is 4.60. The summed E-state index contributed by atoms with van der Waals surface area (Å²) in [5.41, 5.74) is 0.264. The number of hydrogen-bond acceptors (Lipinski definition) is 5. The predicted octanol–water partition coefficient (Wildman–Crippen LogP) is -0.371. The van der Waals surface area contributed by atoms with Crippen molar-refractivity contribution < 1.29 is 9.90 Å². The minimum absolute atomic E-state index is 0.0128. The molecule has 1 aromatic rings. The van der Waals surface area contributed by atoms with Gasteiger partial charge in [0.1, 0.15) is 5.82 Å². The quantitative estimate of drug-likeness (QED) is 0.631. The van der Waals surface area contributed by atoms with E-state index in [4.69, 9.17) is 5.11 Å². The number of anilines is 1. The molecule has 0 aliphatic carbocycles. The van der Waals surface area contributed by atoms with Gasteiger partial charge in [0.05, 0.1) is 6.61 Å². The number of nitrogens with zero attached hydrogens (tertiary/aromatic N) is 2. The van der Waals surface area contributed by atoms with E-state index in [0.717, 1.165) is 0 Å². The summed E-state index contributed by atoms with van der Waals surface area (Å²) in [4.78, 5) is 11.1. The van der Waals surface area contributed by atoms with Gasteiger partial charge >= 0.3 is 0 Å². The Morgan fingerprint density at radius 3 is 2.73 bits per heavy atom. The van der Waals surface area contributed by atoms with E-state index >= 15 is 0 Å². The highest BCUT2D eigenvalue weighted by Gasteiger charge is 2.06. The van der Waals surface area contributed by atoms with Crippen LogP contribution in [0.25, 0.3) is 0 Å². The van der Waals surface area contributed by atoms with Crippen molar-refractivity contribution in [2.45, 2.75) is 13.0 Å². The van der Waals surface area contributed by atoms with Crippen LogP contribution in [0.15, 0.2) is 12.1 Å². The molecular formula is C9H14N4O2. The molecule has 1 atom stereocenters. The first-order chi connectivity index (χ1) is 7.17. The van der Waals surface area contributed by atoms with Crippen LogP contribution >= 0.6 is 0 Å². The Kier molecular flexibility index (Phi) is 3.99. The molecular weight excluding hydrogens is 196 g/mol. The largest absolute Gasteiger partial charge is 0.394 e. The van der Waals surface area contributed by atoms with Gasteiger partial charge in [-0.05, 0) is 19.1 Å². The van der Waals surface area contributed by atoms with E-state index in [9.17, 15) is 4.79 Å². The molecule has 0 aliphatic heterocycles. The van der Waals surface area contributed by atoms with Crippen LogP contribution in [-0.4, -0.2) is 40.9 Å². The number of nitrogens with one attached hydrogen (secondary N) is 2. The molecule has 15 heavy (non-hydrogen) atoms. The minimum atomic E-state index is -0.274. The van der Waals surface area contributed by atoms with Gasteiger partial charge in [0.15, 0.2) is 5.69 Å². The van der Waals surface area contributed by atoms with Crippen molar-refractivity contribution in [1.29, 1.82) is 0 Å². The van der Waals surface area contributed by atoms with Crippen molar-refractivity contribution in [2.75, 3.05) is 19.0 Å². The molecule has 0 bridgehead atoms. The first-order valence-corrected chi connectivity index (χ1v) is 4.60. The van der Waals surface area contributed by atoms with Crippen LogP contribution in [0.1, 0.15) is 17.4 Å². The second-order valence-corrected chi connectivity index (χ2v) is 3.11. The topological polar surface area (TPSA) is 87.1 Å². The van der Waals surface area contributed by atoms with Crippen molar-refractivity contribution in [3.63, 3.8) is 0 Å². The molecule has 82 valence electrons. The van der Waals surface area contributed by atoms with Crippen molar-refractivity contribution in [3.8, 4) is 0 Å². The van der Waals surface area contributed by atoms with Gasteiger partial charge in [0, 0.05) is 13.1 Å². The molecule has 1 heterocycles. The number of carbonyl (C=O) groups excluding carboxylic acids is 1. The molecule has 0 aromatic carbocycles. The highest BCUT2D eigenvalue weighted by atomic mass is 16.3. The van der Waals surface area contributed by atoms with Crippen LogP contribution in [0.5, 0.6) is 0 Å². The maximum Gasteiger partial charge on any atom is 0.271 e. The van der Waals surface area contributed by atoms with E-state index < -0.39 is 0 Å². The van der Waals surface area contributed by atoms with E-state index in [2.05, 4.69) is 20.8 Å². The summed E-state index contributed by atoms with van der Waals surface area (Å²) in [6, 6.07) is 3.12. The minimum Gasteiger partial charge on any atom is -0.394 e. The maximum atomic E-state index is 11.1. The molecule has 0 saturated heterocycles. The van der Waals surface area contributed by atoms with Crippen molar-refractivity contribution in [2.24, 2.45) is 0 Å². The molecule has 1 aromatic heterocycles. The van der Waals surface area contributed by atoms with Crippen LogP contribution in [0.3, 0.4) is 0 Å². The third-order valence-electron chi connectivity index (χ3n) is 1.79. The van der Waals surface area contributed by atoms with Crippen LogP contribution in [-0.2, 0) is 0 Å². The third-order valence-corrected chi connectivity index (χ3v) is 1.79. The number of rotatable bonds is 4. The van der Waals surface area contributed by atoms with Gasteiger partial charge in [0.2, 0.25) is 0 Å². The Balaban J connectivity index is 2.68. The molecule has 0 saturated carbocycles. The number of hydrogen-bond donors (Lipinski definition) is 3. The van der Waals surface area contributed by atoms with Gasteiger partial charge in [0.25, 0.3) is 5.91 Å². The van der Waals surface area contributed by atoms with Crippen LogP contribution < -0.4 is 10.6 Å². The molecule has 1 unspecified atom stereocenters.